The summed E-state index contributed by atoms with van der Waals surface area (Å²) in [6.07, 6.45) is 0. The zero-order valence-electron chi connectivity index (χ0n) is 16.3. The van der Waals surface area contributed by atoms with Crippen LogP contribution in [0.3, 0.4) is 0 Å². The first-order valence-corrected chi connectivity index (χ1v) is 11.2. The highest BCUT2D eigenvalue weighted by molar-refractivity contribution is 7.99. The summed E-state index contributed by atoms with van der Waals surface area (Å²) >= 11 is 2.65. The minimum atomic E-state index is -0.132. The molecule has 7 nitrogen and oxygen atoms in total. The molecule has 0 unspecified atom stereocenters. The third-order valence-electron chi connectivity index (χ3n) is 4.01. The summed E-state index contributed by atoms with van der Waals surface area (Å²) < 4.78 is 13.2. The highest BCUT2D eigenvalue weighted by atomic mass is 32.2. The van der Waals surface area contributed by atoms with Crippen molar-refractivity contribution in [3.8, 4) is 11.5 Å². The van der Waals surface area contributed by atoms with Gasteiger partial charge in [-0.25, -0.2) is 4.98 Å². The lowest BCUT2D eigenvalue weighted by atomic mass is 10.3. The largest absolute Gasteiger partial charge is 0.494 e. The fraction of sp³-hybridized carbons (Fsp3) is 0.350. The Labute approximate surface area is 177 Å². The van der Waals surface area contributed by atoms with Gasteiger partial charge in [-0.3, -0.25) is 14.2 Å². The summed E-state index contributed by atoms with van der Waals surface area (Å²) in [4.78, 5) is 29.1. The molecule has 9 heteroatoms. The molecule has 0 radical (unpaired) electrons. The smallest absolute Gasteiger partial charge is 0.272 e. The highest BCUT2D eigenvalue weighted by Crippen LogP contribution is 2.21. The number of carbonyl (C=O) groups excluding carboxylic acids is 1. The average molecular weight is 434 g/mol. The molecule has 0 atom stereocenters. The Morgan fingerprint density at radius 2 is 1.90 bits per heavy atom. The molecule has 0 spiro atoms. The Bertz CT molecular complexity index is 1010. The van der Waals surface area contributed by atoms with E-state index in [1.54, 1.807) is 4.57 Å². The number of thiophene rings is 1. The van der Waals surface area contributed by atoms with Crippen LogP contribution in [-0.2, 0) is 11.3 Å². The third kappa shape index (κ3) is 5.51. The molecule has 2 heterocycles. The van der Waals surface area contributed by atoms with Crippen LogP contribution in [0.25, 0.3) is 10.2 Å². The number of hydrogen-bond donors (Lipinski definition) is 1. The Balaban J connectivity index is 1.45. The van der Waals surface area contributed by atoms with Crippen LogP contribution < -0.4 is 20.3 Å². The summed E-state index contributed by atoms with van der Waals surface area (Å²) in [6, 6.07) is 9.18. The van der Waals surface area contributed by atoms with Gasteiger partial charge in [0, 0.05) is 6.54 Å². The van der Waals surface area contributed by atoms with Gasteiger partial charge in [0.15, 0.2) is 5.16 Å². The predicted octanol–water partition coefficient (Wildman–Crippen LogP) is 3.16. The van der Waals surface area contributed by atoms with E-state index in [4.69, 9.17) is 9.47 Å². The van der Waals surface area contributed by atoms with Crippen molar-refractivity contribution in [2.75, 3.05) is 25.5 Å². The van der Waals surface area contributed by atoms with Crippen molar-refractivity contribution < 1.29 is 14.3 Å². The zero-order valence-corrected chi connectivity index (χ0v) is 18.0. The molecule has 2 aromatic heterocycles. The van der Waals surface area contributed by atoms with E-state index >= 15 is 0 Å². The number of aromatic nitrogens is 2. The van der Waals surface area contributed by atoms with Crippen molar-refractivity contribution in [1.29, 1.82) is 0 Å². The van der Waals surface area contributed by atoms with Gasteiger partial charge < -0.3 is 14.8 Å². The lowest BCUT2D eigenvalue weighted by Gasteiger charge is -2.10. The number of carbonyl (C=O) groups is 1. The normalized spacial score (nSPS) is 10.8. The van der Waals surface area contributed by atoms with Crippen molar-refractivity contribution in [1.82, 2.24) is 14.9 Å². The second kappa shape index (κ2) is 10.3. The quantitative estimate of drug-likeness (QED) is 0.300. The molecule has 1 aromatic carbocycles. The minimum Gasteiger partial charge on any atom is -0.494 e. The first-order chi connectivity index (χ1) is 14.1. The fourth-order valence-electron chi connectivity index (χ4n) is 2.65. The first kappa shape index (κ1) is 21.2. The number of thioether (sulfide) groups is 1. The maximum absolute atomic E-state index is 12.5. The number of nitrogens with zero attached hydrogens (tertiary/aromatic N) is 2. The third-order valence-corrected chi connectivity index (χ3v) is 5.88. The molecule has 0 aliphatic carbocycles. The van der Waals surface area contributed by atoms with Crippen LogP contribution in [0.5, 0.6) is 11.5 Å². The molecule has 0 saturated heterocycles. The number of fused-ring (bicyclic) bond motifs is 1. The second-order valence-corrected chi connectivity index (χ2v) is 7.83. The van der Waals surface area contributed by atoms with Gasteiger partial charge in [0.05, 0.1) is 24.4 Å². The Hall–Kier alpha value is -2.52. The van der Waals surface area contributed by atoms with Crippen molar-refractivity contribution in [2.45, 2.75) is 25.5 Å². The van der Waals surface area contributed by atoms with Crippen LogP contribution in [0.4, 0.5) is 0 Å². The molecule has 0 bridgehead atoms. The minimum absolute atomic E-state index is 0.0563. The molecule has 3 aromatic rings. The number of ether oxygens (including phenoxy) is 2. The Morgan fingerprint density at radius 1 is 1.17 bits per heavy atom. The molecule has 0 aliphatic heterocycles. The van der Waals surface area contributed by atoms with Gasteiger partial charge in [-0.15, -0.1) is 11.3 Å². The van der Waals surface area contributed by atoms with Crippen LogP contribution in [0.1, 0.15) is 13.8 Å². The van der Waals surface area contributed by atoms with Gasteiger partial charge in [-0.1, -0.05) is 11.8 Å². The van der Waals surface area contributed by atoms with Crippen molar-refractivity contribution in [3.05, 3.63) is 46.1 Å². The van der Waals surface area contributed by atoms with Crippen LogP contribution in [0, 0.1) is 0 Å². The van der Waals surface area contributed by atoms with E-state index in [-0.39, 0.29) is 17.2 Å². The molecule has 0 fully saturated rings. The molecule has 0 aliphatic rings. The van der Waals surface area contributed by atoms with Crippen LogP contribution in [0.2, 0.25) is 0 Å². The molecule has 3 rings (SSSR count). The first-order valence-electron chi connectivity index (χ1n) is 9.35. The molecular formula is C20H23N3O4S2. The Morgan fingerprint density at radius 3 is 2.59 bits per heavy atom. The highest BCUT2D eigenvalue weighted by Gasteiger charge is 2.13. The number of hydrogen-bond acceptors (Lipinski definition) is 7. The zero-order chi connectivity index (χ0) is 20.6. The maximum Gasteiger partial charge on any atom is 0.272 e. The van der Waals surface area contributed by atoms with E-state index in [1.165, 1.54) is 23.1 Å². The van der Waals surface area contributed by atoms with E-state index < -0.39 is 0 Å². The standard InChI is InChI=1S/C20H23N3O4S2/c1-3-23-19(25)18-16(9-12-28-18)22-20(23)29-13-17(24)21-10-11-27-15-7-5-14(6-8-15)26-4-2/h5-9,12H,3-4,10-11,13H2,1-2H3,(H,21,24). The summed E-state index contributed by atoms with van der Waals surface area (Å²) in [5.74, 6) is 1.57. The van der Waals surface area contributed by atoms with Gasteiger partial charge in [0.1, 0.15) is 22.8 Å². The van der Waals surface area contributed by atoms with E-state index in [0.29, 0.717) is 41.7 Å². The van der Waals surface area contributed by atoms with Crippen molar-refractivity contribution in [2.24, 2.45) is 0 Å². The van der Waals surface area contributed by atoms with E-state index in [9.17, 15) is 9.59 Å². The van der Waals surface area contributed by atoms with Crippen LogP contribution in [0.15, 0.2) is 45.7 Å². The molecule has 1 N–H and O–H groups in total. The monoisotopic (exact) mass is 433 g/mol. The number of rotatable bonds is 10. The van der Waals surface area contributed by atoms with Crippen molar-refractivity contribution >= 4 is 39.2 Å². The second-order valence-electron chi connectivity index (χ2n) is 5.97. The van der Waals surface area contributed by atoms with Gasteiger partial charge in [0.2, 0.25) is 5.91 Å². The number of benzene rings is 1. The summed E-state index contributed by atoms with van der Waals surface area (Å²) in [5, 5.41) is 5.23. The number of nitrogens with one attached hydrogen (secondary N) is 1. The van der Waals surface area contributed by atoms with Gasteiger partial charge >= 0.3 is 0 Å². The summed E-state index contributed by atoms with van der Waals surface area (Å²) in [5.41, 5.74) is 0.621. The summed E-state index contributed by atoms with van der Waals surface area (Å²) in [6.45, 7) is 5.72. The van der Waals surface area contributed by atoms with Gasteiger partial charge in [-0.2, -0.15) is 0 Å². The SMILES string of the molecule is CCOc1ccc(OCCNC(=O)CSc2nc3ccsc3c(=O)n2CC)cc1. The molecule has 154 valence electrons. The van der Waals surface area contributed by atoms with Crippen LogP contribution in [-0.4, -0.2) is 41.0 Å². The number of amides is 1. The van der Waals surface area contributed by atoms with Gasteiger partial charge in [-0.05, 0) is 49.6 Å². The van der Waals surface area contributed by atoms with E-state index in [1.807, 2.05) is 49.6 Å². The predicted molar refractivity (Wildman–Crippen MR) is 116 cm³/mol. The molecular weight excluding hydrogens is 410 g/mol. The molecule has 29 heavy (non-hydrogen) atoms. The Kier molecular flexibility index (Phi) is 7.54. The lowest BCUT2D eigenvalue weighted by molar-refractivity contribution is -0.118. The maximum atomic E-state index is 12.5. The van der Waals surface area contributed by atoms with E-state index in [0.717, 1.165) is 11.5 Å². The summed E-state index contributed by atoms with van der Waals surface area (Å²) in [7, 11) is 0. The van der Waals surface area contributed by atoms with Gasteiger partial charge in [0.25, 0.3) is 5.56 Å². The molecule has 0 saturated carbocycles. The fourth-order valence-corrected chi connectivity index (χ4v) is 4.32. The van der Waals surface area contributed by atoms with Crippen molar-refractivity contribution in [3.63, 3.8) is 0 Å². The lowest BCUT2D eigenvalue weighted by Crippen LogP contribution is -2.30. The van der Waals surface area contributed by atoms with E-state index in [2.05, 4.69) is 10.3 Å². The molecule has 1 amide bonds. The average Bonchev–Trinajstić information content (AvgIpc) is 3.20. The van der Waals surface area contributed by atoms with Crippen LogP contribution >= 0.6 is 23.1 Å². The topological polar surface area (TPSA) is 82.5 Å².